The minimum Gasteiger partial charge on any atom is -0.482 e. The number of carbonyl (C=O) groups excluding carboxylic acids is 1. The third-order valence-electron chi connectivity index (χ3n) is 4.62. The number of hydrogen-bond donors (Lipinski definition) is 2. The lowest BCUT2D eigenvalue weighted by molar-refractivity contribution is -0.139. The first-order chi connectivity index (χ1) is 12.5. The Morgan fingerprint density at radius 1 is 1.31 bits per heavy atom. The quantitative estimate of drug-likeness (QED) is 0.748. The van der Waals surface area contributed by atoms with Gasteiger partial charge in [-0.15, -0.1) is 0 Å². The van der Waals surface area contributed by atoms with E-state index in [2.05, 4.69) is 5.32 Å². The zero-order valence-electron chi connectivity index (χ0n) is 14.1. The summed E-state index contributed by atoms with van der Waals surface area (Å²) in [7, 11) is 0. The Morgan fingerprint density at radius 3 is 2.88 bits per heavy atom. The van der Waals surface area contributed by atoms with Gasteiger partial charge in [-0.25, -0.2) is 4.79 Å². The van der Waals surface area contributed by atoms with E-state index in [-0.39, 0.29) is 11.8 Å². The molecule has 0 fully saturated rings. The van der Waals surface area contributed by atoms with Gasteiger partial charge in [-0.05, 0) is 30.2 Å². The summed E-state index contributed by atoms with van der Waals surface area (Å²) in [6.07, 6.45) is 0.295. The number of aliphatic carboxylic acids is 1. The average molecular weight is 351 g/mol. The third-order valence-corrected chi connectivity index (χ3v) is 4.62. The zero-order valence-corrected chi connectivity index (χ0v) is 14.1. The molecule has 6 nitrogen and oxygen atoms in total. The number of furan rings is 1. The maximum atomic E-state index is 12.2. The van der Waals surface area contributed by atoms with Gasteiger partial charge >= 0.3 is 5.97 Å². The number of ether oxygens (including phenoxy) is 1. The fraction of sp³-hybridized carbons (Fsp3) is 0.200. The molecule has 132 valence electrons. The molecule has 0 spiro atoms. The number of nitrogens with one attached hydrogen (secondary N) is 1. The van der Waals surface area contributed by atoms with Gasteiger partial charge in [-0.1, -0.05) is 24.3 Å². The molecule has 1 atom stereocenters. The first-order valence-electron chi connectivity index (χ1n) is 8.29. The van der Waals surface area contributed by atoms with Gasteiger partial charge in [-0.3, -0.25) is 4.79 Å². The molecule has 1 aliphatic rings. The number of aryl methyl sites for hydroxylation is 1. The van der Waals surface area contributed by atoms with Crippen molar-refractivity contribution in [3.63, 3.8) is 0 Å². The number of amides is 1. The molecule has 26 heavy (non-hydrogen) atoms. The second-order valence-corrected chi connectivity index (χ2v) is 6.32. The van der Waals surface area contributed by atoms with E-state index >= 15 is 0 Å². The topological polar surface area (TPSA) is 88.8 Å². The monoisotopic (exact) mass is 351 g/mol. The molecule has 4 rings (SSSR count). The number of carbonyl (C=O) groups is 2. The summed E-state index contributed by atoms with van der Waals surface area (Å²) >= 11 is 0. The summed E-state index contributed by atoms with van der Waals surface area (Å²) in [4.78, 5) is 22.9. The Hall–Kier alpha value is -3.28. The number of carboxylic acid groups (broad SMARTS) is 1. The van der Waals surface area contributed by atoms with Crippen LogP contribution in [0.2, 0.25) is 0 Å². The van der Waals surface area contributed by atoms with Crippen molar-refractivity contribution in [3.05, 3.63) is 59.4 Å². The minimum atomic E-state index is -1.05. The van der Waals surface area contributed by atoms with Crippen LogP contribution >= 0.6 is 0 Å². The summed E-state index contributed by atoms with van der Waals surface area (Å²) in [5.74, 6) is -0.185. The normalized spacial score (nSPS) is 16.2. The minimum absolute atomic E-state index is 0.113. The van der Waals surface area contributed by atoms with Gasteiger partial charge in [0.2, 0.25) is 5.91 Å². The summed E-state index contributed by atoms with van der Waals surface area (Å²) < 4.78 is 11.3. The number of hydrogen-bond acceptors (Lipinski definition) is 4. The van der Waals surface area contributed by atoms with Gasteiger partial charge in [-0.2, -0.15) is 0 Å². The number of carboxylic acids is 1. The van der Waals surface area contributed by atoms with Crippen LogP contribution in [0.15, 0.2) is 46.9 Å². The first-order valence-corrected chi connectivity index (χ1v) is 8.29. The predicted octanol–water partition coefficient (Wildman–Crippen LogP) is 3.68. The molecule has 2 N–H and O–H groups in total. The number of rotatable bonds is 4. The van der Waals surface area contributed by atoms with Crippen molar-refractivity contribution in [2.24, 2.45) is 0 Å². The Labute approximate surface area is 149 Å². The second-order valence-electron chi connectivity index (χ2n) is 6.32. The Balaban J connectivity index is 1.75. The molecule has 2 heterocycles. The van der Waals surface area contributed by atoms with E-state index in [0.717, 1.165) is 27.9 Å². The Bertz CT molecular complexity index is 1020. The summed E-state index contributed by atoms with van der Waals surface area (Å²) in [5, 5.41) is 12.6. The Kier molecular flexibility index (Phi) is 3.88. The van der Waals surface area contributed by atoms with Crippen molar-refractivity contribution >= 4 is 28.5 Å². The molecular formula is C20H17NO5. The molecule has 0 saturated heterocycles. The lowest BCUT2D eigenvalue weighted by Gasteiger charge is -2.25. The predicted molar refractivity (Wildman–Crippen MR) is 95.6 cm³/mol. The molecule has 0 saturated carbocycles. The number of para-hydroxylation sites is 1. The van der Waals surface area contributed by atoms with Crippen LogP contribution in [-0.2, 0) is 9.59 Å². The third kappa shape index (κ3) is 2.79. The number of fused-ring (bicyclic) bond motifs is 2. The van der Waals surface area contributed by atoms with Crippen LogP contribution in [0.3, 0.4) is 0 Å². The van der Waals surface area contributed by atoms with Crippen LogP contribution in [0.5, 0.6) is 5.75 Å². The van der Waals surface area contributed by atoms with E-state index in [4.69, 9.17) is 14.3 Å². The van der Waals surface area contributed by atoms with Gasteiger partial charge in [0.05, 0.1) is 5.92 Å². The highest BCUT2D eigenvalue weighted by atomic mass is 16.5. The maximum Gasteiger partial charge on any atom is 0.341 e. The smallest absolute Gasteiger partial charge is 0.341 e. The van der Waals surface area contributed by atoms with Crippen molar-refractivity contribution in [1.82, 2.24) is 0 Å². The fourth-order valence-corrected chi connectivity index (χ4v) is 3.44. The van der Waals surface area contributed by atoms with Crippen LogP contribution in [0.4, 0.5) is 5.69 Å². The molecule has 0 unspecified atom stereocenters. The first kappa shape index (κ1) is 16.2. The van der Waals surface area contributed by atoms with Gasteiger partial charge < -0.3 is 19.6 Å². The molecule has 1 aromatic heterocycles. The average Bonchev–Trinajstić information content (AvgIpc) is 2.96. The van der Waals surface area contributed by atoms with E-state index in [1.54, 1.807) is 12.1 Å². The summed E-state index contributed by atoms with van der Waals surface area (Å²) in [6.45, 7) is 1.57. The molecular weight excluding hydrogens is 334 g/mol. The van der Waals surface area contributed by atoms with Crippen molar-refractivity contribution in [2.45, 2.75) is 19.3 Å². The highest BCUT2D eigenvalue weighted by Gasteiger charge is 2.31. The van der Waals surface area contributed by atoms with Gasteiger partial charge in [0, 0.05) is 23.6 Å². The van der Waals surface area contributed by atoms with E-state index in [1.165, 1.54) is 0 Å². The molecule has 6 heteroatoms. The van der Waals surface area contributed by atoms with E-state index in [0.29, 0.717) is 17.9 Å². The molecule has 0 aliphatic carbocycles. The maximum absolute atomic E-state index is 12.2. The largest absolute Gasteiger partial charge is 0.482 e. The number of benzene rings is 2. The lowest BCUT2D eigenvalue weighted by atomic mass is 9.86. The molecule has 0 radical (unpaired) electrons. The van der Waals surface area contributed by atoms with Gasteiger partial charge in [0.1, 0.15) is 17.1 Å². The van der Waals surface area contributed by atoms with Crippen LogP contribution < -0.4 is 10.1 Å². The van der Waals surface area contributed by atoms with E-state index < -0.39 is 12.6 Å². The molecule has 1 amide bonds. The highest BCUT2D eigenvalue weighted by molar-refractivity contribution is 5.96. The summed E-state index contributed by atoms with van der Waals surface area (Å²) in [5.41, 5.74) is 3.37. The SMILES string of the molecule is Cc1c([C@H]2CC(=O)Nc3cc(OCC(=O)O)ccc32)oc2ccccc12. The fourth-order valence-electron chi connectivity index (χ4n) is 3.44. The van der Waals surface area contributed by atoms with Crippen LogP contribution in [-0.4, -0.2) is 23.6 Å². The molecule has 2 aromatic carbocycles. The highest BCUT2D eigenvalue weighted by Crippen LogP contribution is 2.42. The van der Waals surface area contributed by atoms with Crippen LogP contribution in [0.25, 0.3) is 11.0 Å². The van der Waals surface area contributed by atoms with E-state index in [9.17, 15) is 9.59 Å². The van der Waals surface area contributed by atoms with Crippen LogP contribution in [0.1, 0.15) is 29.2 Å². The lowest BCUT2D eigenvalue weighted by Crippen LogP contribution is -2.23. The van der Waals surface area contributed by atoms with Gasteiger partial charge in [0.15, 0.2) is 6.61 Å². The number of anilines is 1. The standard InChI is InChI=1S/C20H17NO5/c1-11-13-4-2-3-5-17(13)26-20(11)15-9-18(22)21-16-8-12(6-7-14(15)16)25-10-19(23)24/h2-8,15H,9-10H2,1H3,(H,21,22)(H,23,24)/t15-/m0/s1. The van der Waals surface area contributed by atoms with Crippen molar-refractivity contribution in [1.29, 1.82) is 0 Å². The summed E-state index contributed by atoms with van der Waals surface area (Å²) in [6, 6.07) is 13.0. The molecule has 1 aliphatic heterocycles. The Morgan fingerprint density at radius 2 is 2.12 bits per heavy atom. The van der Waals surface area contributed by atoms with Crippen molar-refractivity contribution < 1.29 is 23.8 Å². The second kappa shape index (κ2) is 6.22. The molecule has 3 aromatic rings. The van der Waals surface area contributed by atoms with Crippen molar-refractivity contribution in [2.75, 3.05) is 11.9 Å². The van der Waals surface area contributed by atoms with E-state index in [1.807, 2.05) is 37.3 Å². The van der Waals surface area contributed by atoms with Gasteiger partial charge in [0.25, 0.3) is 0 Å². The zero-order chi connectivity index (χ0) is 18.3. The molecule has 0 bridgehead atoms. The van der Waals surface area contributed by atoms with Crippen LogP contribution in [0, 0.1) is 6.92 Å². The van der Waals surface area contributed by atoms with Crippen molar-refractivity contribution in [3.8, 4) is 5.75 Å².